The van der Waals surface area contributed by atoms with Crippen LogP contribution >= 0.6 is 11.6 Å². The summed E-state index contributed by atoms with van der Waals surface area (Å²) in [6.45, 7) is 1.43. The Morgan fingerprint density at radius 1 is 1.05 bits per heavy atom. The Labute approximate surface area is 133 Å². The van der Waals surface area contributed by atoms with Crippen LogP contribution in [-0.4, -0.2) is 11.9 Å². The van der Waals surface area contributed by atoms with Crippen molar-refractivity contribution in [2.24, 2.45) is 0 Å². The highest BCUT2D eigenvalue weighted by Gasteiger charge is 2.01. The lowest BCUT2D eigenvalue weighted by atomic mass is 10.2. The number of carbonyl (C=O) groups excluding carboxylic acids is 2. The molecule has 4 nitrogen and oxygen atoms in total. The van der Waals surface area contributed by atoms with Crippen LogP contribution in [0.15, 0.2) is 54.6 Å². The molecule has 0 atom stereocenters. The molecular weight excluding hydrogens is 302 g/mol. The van der Waals surface area contributed by atoms with E-state index in [4.69, 9.17) is 16.3 Å². The zero-order valence-electron chi connectivity index (χ0n) is 11.9. The zero-order chi connectivity index (χ0) is 15.9. The van der Waals surface area contributed by atoms with E-state index in [2.05, 4.69) is 5.32 Å². The van der Waals surface area contributed by atoms with E-state index in [0.717, 1.165) is 5.56 Å². The van der Waals surface area contributed by atoms with Gasteiger partial charge in [0.1, 0.15) is 5.75 Å². The van der Waals surface area contributed by atoms with Gasteiger partial charge in [0.2, 0.25) is 5.91 Å². The lowest BCUT2D eigenvalue weighted by Gasteiger charge is -2.04. The maximum atomic E-state index is 11.7. The van der Waals surface area contributed by atoms with E-state index in [9.17, 15) is 9.59 Å². The number of amides is 1. The largest absolute Gasteiger partial charge is 0.423 e. The van der Waals surface area contributed by atoms with Crippen LogP contribution in [-0.2, 0) is 9.59 Å². The van der Waals surface area contributed by atoms with Crippen LogP contribution < -0.4 is 10.1 Å². The Balaban J connectivity index is 1.94. The molecule has 0 heterocycles. The molecule has 0 fully saturated rings. The first-order valence-electron chi connectivity index (χ1n) is 6.56. The van der Waals surface area contributed by atoms with Gasteiger partial charge in [0.15, 0.2) is 0 Å². The average molecular weight is 316 g/mol. The number of anilines is 1. The average Bonchev–Trinajstić information content (AvgIpc) is 2.48. The van der Waals surface area contributed by atoms with Gasteiger partial charge < -0.3 is 10.1 Å². The number of nitrogens with one attached hydrogen (secondary N) is 1. The van der Waals surface area contributed by atoms with Crippen molar-refractivity contribution < 1.29 is 14.3 Å². The van der Waals surface area contributed by atoms with Gasteiger partial charge in [-0.3, -0.25) is 4.79 Å². The third kappa shape index (κ3) is 5.07. The second-order valence-electron chi connectivity index (χ2n) is 4.51. The number of hydrogen-bond donors (Lipinski definition) is 1. The molecule has 2 aromatic rings. The molecule has 1 amide bonds. The number of rotatable bonds is 4. The highest BCUT2D eigenvalue weighted by Crippen LogP contribution is 2.16. The molecule has 0 unspecified atom stereocenters. The molecule has 112 valence electrons. The summed E-state index contributed by atoms with van der Waals surface area (Å²) in [5.41, 5.74) is 1.49. The van der Waals surface area contributed by atoms with E-state index >= 15 is 0 Å². The normalized spacial score (nSPS) is 10.5. The molecule has 2 rings (SSSR count). The van der Waals surface area contributed by atoms with Gasteiger partial charge in [0, 0.05) is 23.7 Å². The molecular formula is C17H14ClNO3. The summed E-state index contributed by atoms with van der Waals surface area (Å²) in [6, 6.07) is 13.6. The van der Waals surface area contributed by atoms with E-state index in [1.165, 1.54) is 13.0 Å². The van der Waals surface area contributed by atoms with Crippen LogP contribution in [0.4, 0.5) is 5.69 Å². The lowest BCUT2D eigenvalue weighted by molar-refractivity contribution is -0.128. The Hall–Kier alpha value is -2.59. The van der Waals surface area contributed by atoms with E-state index in [1.54, 1.807) is 54.6 Å². The van der Waals surface area contributed by atoms with Crippen molar-refractivity contribution in [2.45, 2.75) is 6.92 Å². The highest BCUT2D eigenvalue weighted by molar-refractivity contribution is 6.30. The zero-order valence-corrected chi connectivity index (χ0v) is 12.6. The van der Waals surface area contributed by atoms with E-state index in [1.807, 2.05) is 0 Å². The highest BCUT2D eigenvalue weighted by atomic mass is 35.5. The van der Waals surface area contributed by atoms with Gasteiger partial charge in [-0.25, -0.2) is 4.79 Å². The number of hydrogen-bond acceptors (Lipinski definition) is 3. The van der Waals surface area contributed by atoms with Crippen molar-refractivity contribution in [1.29, 1.82) is 0 Å². The maximum Gasteiger partial charge on any atom is 0.336 e. The van der Waals surface area contributed by atoms with Crippen LogP contribution in [0, 0.1) is 0 Å². The molecule has 2 aromatic carbocycles. The van der Waals surface area contributed by atoms with Crippen molar-refractivity contribution in [1.82, 2.24) is 0 Å². The minimum absolute atomic E-state index is 0.157. The number of esters is 1. The van der Waals surface area contributed by atoms with Crippen LogP contribution in [0.25, 0.3) is 6.08 Å². The third-order valence-electron chi connectivity index (χ3n) is 2.67. The van der Waals surface area contributed by atoms with Gasteiger partial charge in [-0.1, -0.05) is 23.7 Å². The summed E-state index contributed by atoms with van der Waals surface area (Å²) in [4.78, 5) is 22.6. The fourth-order valence-corrected chi connectivity index (χ4v) is 1.82. The Bertz CT molecular complexity index is 691. The van der Waals surface area contributed by atoms with Gasteiger partial charge in [0.25, 0.3) is 0 Å². The summed E-state index contributed by atoms with van der Waals surface area (Å²) in [7, 11) is 0. The topological polar surface area (TPSA) is 55.4 Å². The van der Waals surface area contributed by atoms with E-state index in [0.29, 0.717) is 16.5 Å². The first-order valence-corrected chi connectivity index (χ1v) is 6.94. The summed E-state index contributed by atoms with van der Waals surface area (Å²) in [5, 5.41) is 3.27. The monoisotopic (exact) mass is 315 g/mol. The van der Waals surface area contributed by atoms with Crippen molar-refractivity contribution in [3.05, 3.63) is 65.2 Å². The van der Waals surface area contributed by atoms with Gasteiger partial charge in [-0.2, -0.15) is 0 Å². The molecule has 0 spiro atoms. The van der Waals surface area contributed by atoms with E-state index < -0.39 is 5.97 Å². The number of ether oxygens (including phenoxy) is 1. The molecule has 1 N–H and O–H groups in total. The smallest absolute Gasteiger partial charge is 0.336 e. The molecule has 22 heavy (non-hydrogen) atoms. The standard InChI is InChI=1S/C17H14ClNO3/c1-12(20)19-15-7-9-16(10-8-15)22-17(21)11-4-13-2-5-14(18)6-3-13/h2-11H,1H3,(H,19,20). The van der Waals surface area contributed by atoms with Crippen LogP contribution in [0.1, 0.15) is 12.5 Å². The number of carbonyl (C=O) groups is 2. The number of benzene rings is 2. The van der Waals surface area contributed by atoms with Gasteiger partial charge >= 0.3 is 5.97 Å². The Morgan fingerprint density at radius 3 is 2.27 bits per heavy atom. The SMILES string of the molecule is CC(=O)Nc1ccc(OC(=O)C=Cc2ccc(Cl)cc2)cc1. The molecule has 0 saturated heterocycles. The molecule has 0 aliphatic carbocycles. The predicted octanol–water partition coefficient (Wildman–Crippen LogP) is 3.92. The fourth-order valence-electron chi connectivity index (χ4n) is 1.70. The van der Waals surface area contributed by atoms with Crippen LogP contribution in [0.3, 0.4) is 0 Å². The van der Waals surface area contributed by atoms with Gasteiger partial charge in [-0.05, 0) is 48.0 Å². The second-order valence-corrected chi connectivity index (χ2v) is 4.95. The first kappa shape index (κ1) is 15.8. The molecule has 0 aliphatic rings. The summed E-state index contributed by atoms with van der Waals surface area (Å²) in [6.07, 6.45) is 2.98. The first-order chi connectivity index (χ1) is 10.5. The molecule has 0 bridgehead atoms. The maximum absolute atomic E-state index is 11.7. The van der Waals surface area contributed by atoms with Gasteiger partial charge in [-0.15, -0.1) is 0 Å². The Kier molecular flexibility index (Phi) is 5.33. The predicted molar refractivity (Wildman–Crippen MR) is 86.9 cm³/mol. The third-order valence-corrected chi connectivity index (χ3v) is 2.93. The molecule has 5 heteroatoms. The van der Waals surface area contributed by atoms with Gasteiger partial charge in [0.05, 0.1) is 0 Å². The summed E-state index contributed by atoms with van der Waals surface area (Å²) < 4.78 is 5.16. The van der Waals surface area contributed by atoms with E-state index in [-0.39, 0.29) is 5.91 Å². The van der Waals surface area contributed by atoms with Crippen LogP contribution in [0.2, 0.25) is 5.02 Å². The van der Waals surface area contributed by atoms with Crippen molar-refractivity contribution in [2.75, 3.05) is 5.32 Å². The second kappa shape index (κ2) is 7.43. The Morgan fingerprint density at radius 2 is 1.68 bits per heavy atom. The minimum atomic E-state index is -0.484. The molecule has 0 radical (unpaired) electrons. The van der Waals surface area contributed by atoms with Crippen molar-refractivity contribution >= 4 is 35.2 Å². The molecule has 0 aliphatic heterocycles. The fraction of sp³-hybridized carbons (Fsp3) is 0.0588. The molecule has 0 saturated carbocycles. The van der Waals surface area contributed by atoms with Crippen molar-refractivity contribution in [3.63, 3.8) is 0 Å². The minimum Gasteiger partial charge on any atom is -0.423 e. The summed E-state index contributed by atoms with van der Waals surface area (Å²) in [5.74, 6) is -0.238. The number of halogens is 1. The summed E-state index contributed by atoms with van der Waals surface area (Å²) >= 11 is 5.78. The van der Waals surface area contributed by atoms with Crippen LogP contribution in [0.5, 0.6) is 5.75 Å². The van der Waals surface area contributed by atoms with Crippen molar-refractivity contribution in [3.8, 4) is 5.75 Å². The molecule has 0 aromatic heterocycles. The quantitative estimate of drug-likeness (QED) is 0.528. The lowest BCUT2D eigenvalue weighted by Crippen LogP contribution is -2.06.